The zero-order valence-corrected chi connectivity index (χ0v) is 17.2. The van der Waals surface area contributed by atoms with Crippen molar-refractivity contribution in [3.8, 4) is 5.75 Å². The largest absolute Gasteiger partial charge is 0.478 e. The molecule has 1 N–H and O–H groups in total. The van der Waals surface area contributed by atoms with Gasteiger partial charge >= 0.3 is 5.97 Å². The summed E-state index contributed by atoms with van der Waals surface area (Å²) in [4.78, 5) is 37.2. The molecule has 3 aromatic rings. The van der Waals surface area contributed by atoms with Gasteiger partial charge in [0.1, 0.15) is 12.3 Å². The summed E-state index contributed by atoms with van der Waals surface area (Å²) >= 11 is 0. The third-order valence-corrected chi connectivity index (χ3v) is 4.63. The minimum atomic E-state index is -0.808. The lowest BCUT2D eigenvalue weighted by Gasteiger charge is -2.15. The van der Waals surface area contributed by atoms with Gasteiger partial charge in [-0.1, -0.05) is 24.3 Å². The summed E-state index contributed by atoms with van der Waals surface area (Å²) in [6.45, 7) is 5.36. The van der Waals surface area contributed by atoms with Crippen LogP contribution in [-0.4, -0.2) is 29.2 Å². The minimum absolute atomic E-state index is 0.118. The number of anilines is 1. The van der Waals surface area contributed by atoms with Gasteiger partial charge in [0.15, 0.2) is 6.10 Å². The molecule has 1 heterocycles. The van der Waals surface area contributed by atoms with Crippen molar-refractivity contribution in [3.05, 3.63) is 70.6 Å². The van der Waals surface area contributed by atoms with Crippen molar-refractivity contribution in [2.24, 2.45) is 0 Å². The topological polar surface area (TPSA) is 86.6 Å². The SMILES string of the molecule is CCOC(=O)[C@@H](C)Oc1cccc2c(=O)n(CC(=O)Nc3ccccc3C)ccc12. The van der Waals surface area contributed by atoms with Gasteiger partial charge in [-0.05, 0) is 50.6 Å². The maximum absolute atomic E-state index is 12.9. The smallest absolute Gasteiger partial charge is 0.347 e. The van der Waals surface area contributed by atoms with E-state index in [-0.39, 0.29) is 24.6 Å². The van der Waals surface area contributed by atoms with E-state index in [1.54, 1.807) is 44.3 Å². The van der Waals surface area contributed by atoms with Crippen LogP contribution in [0.5, 0.6) is 5.75 Å². The predicted octanol–water partition coefficient (Wildman–Crippen LogP) is 3.28. The van der Waals surface area contributed by atoms with E-state index in [4.69, 9.17) is 9.47 Å². The van der Waals surface area contributed by atoms with Gasteiger partial charge in [0.2, 0.25) is 5.91 Å². The summed E-state index contributed by atoms with van der Waals surface area (Å²) < 4.78 is 12.0. The Labute approximate surface area is 174 Å². The lowest BCUT2D eigenvalue weighted by Crippen LogP contribution is -2.28. The number of hydrogen-bond donors (Lipinski definition) is 1. The molecule has 0 radical (unpaired) electrons. The number of pyridine rings is 1. The van der Waals surface area contributed by atoms with Crippen molar-refractivity contribution < 1.29 is 19.1 Å². The Kier molecular flexibility index (Phi) is 6.51. The summed E-state index contributed by atoms with van der Waals surface area (Å²) in [6, 6.07) is 14.2. The molecule has 0 bridgehead atoms. The number of aromatic nitrogens is 1. The van der Waals surface area contributed by atoms with E-state index in [2.05, 4.69) is 5.32 Å². The number of carbonyl (C=O) groups excluding carboxylic acids is 2. The molecule has 2 aromatic carbocycles. The fraction of sp³-hybridized carbons (Fsp3) is 0.261. The fourth-order valence-corrected chi connectivity index (χ4v) is 3.07. The molecule has 0 aliphatic heterocycles. The van der Waals surface area contributed by atoms with Crippen molar-refractivity contribution in [1.82, 2.24) is 4.57 Å². The first-order valence-corrected chi connectivity index (χ1v) is 9.71. The number of nitrogens with zero attached hydrogens (tertiary/aromatic N) is 1. The van der Waals surface area contributed by atoms with Crippen LogP contribution >= 0.6 is 0 Å². The van der Waals surface area contributed by atoms with Crippen LogP contribution in [0.2, 0.25) is 0 Å². The number of nitrogens with one attached hydrogen (secondary N) is 1. The number of para-hydroxylation sites is 1. The van der Waals surface area contributed by atoms with Gasteiger partial charge in [0.25, 0.3) is 5.56 Å². The summed E-state index contributed by atoms with van der Waals surface area (Å²) in [5.41, 5.74) is 1.33. The Morgan fingerprint density at radius 3 is 2.57 bits per heavy atom. The van der Waals surface area contributed by atoms with E-state index >= 15 is 0 Å². The number of rotatable bonds is 7. The van der Waals surface area contributed by atoms with Crippen LogP contribution in [0.4, 0.5) is 5.69 Å². The van der Waals surface area contributed by atoms with Crippen molar-refractivity contribution in [1.29, 1.82) is 0 Å². The highest BCUT2D eigenvalue weighted by molar-refractivity contribution is 5.92. The maximum atomic E-state index is 12.9. The van der Waals surface area contributed by atoms with E-state index in [9.17, 15) is 14.4 Å². The molecule has 0 fully saturated rings. The zero-order chi connectivity index (χ0) is 21.7. The van der Waals surface area contributed by atoms with Crippen LogP contribution in [0.15, 0.2) is 59.5 Å². The van der Waals surface area contributed by atoms with Crippen LogP contribution in [0.1, 0.15) is 19.4 Å². The van der Waals surface area contributed by atoms with Crippen molar-refractivity contribution >= 4 is 28.3 Å². The normalized spacial score (nSPS) is 11.7. The quantitative estimate of drug-likeness (QED) is 0.607. The number of esters is 1. The number of benzene rings is 2. The molecular formula is C23H24N2O5. The summed E-state index contributed by atoms with van der Waals surface area (Å²) in [5.74, 6) is -0.369. The number of hydrogen-bond acceptors (Lipinski definition) is 5. The molecule has 3 rings (SSSR count). The molecule has 1 atom stereocenters. The Hall–Kier alpha value is -3.61. The molecule has 156 valence electrons. The van der Waals surface area contributed by atoms with Gasteiger partial charge in [0, 0.05) is 17.3 Å². The van der Waals surface area contributed by atoms with E-state index in [1.165, 1.54) is 4.57 Å². The molecule has 1 aromatic heterocycles. The highest BCUT2D eigenvalue weighted by Crippen LogP contribution is 2.24. The molecule has 0 aliphatic rings. The maximum Gasteiger partial charge on any atom is 0.347 e. The lowest BCUT2D eigenvalue weighted by molar-refractivity contribution is -0.150. The van der Waals surface area contributed by atoms with Gasteiger partial charge in [-0.15, -0.1) is 0 Å². The molecule has 0 unspecified atom stereocenters. The van der Waals surface area contributed by atoms with E-state index in [0.717, 1.165) is 5.56 Å². The van der Waals surface area contributed by atoms with Gasteiger partial charge in [-0.2, -0.15) is 0 Å². The molecule has 1 amide bonds. The summed E-state index contributed by atoms with van der Waals surface area (Å²) in [5, 5.41) is 3.78. The third kappa shape index (κ3) is 4.68. The Bertz CT molecular complexity index is 1140. The molecule has 30 heavy (non-hydrogen) atoms. The van der Waals surface area contributed by atoms with Gasteiger partial charge in [-0.25, -0.2) is 4.79 Å². The first-order chi connectivity index (χ1) is 14.4. The summed E-state index contributed by atoms with van der Waals surface area (Å²) in [6.07, 6.45) is 0.738. The number of carbonyl (C=O) groups is 2. The average molecular weight is 408 g/mol. The molecule has 0 saturated heterocycles. The Morgan fingerprint density at radius 2 is 1.83 bits per heavy atom. The highest BCUT2D eigenvalue weighted by atomic mass is 16.6. The van der Waals surface area contributed by atoms with Crippen LogP contribution < -0.4 is 15.6 Å². The van der Waals surface area contributed by atoms with Gasteiger partial charge in [-0.3, -0.25) is 9.59 Å². The van der Waals surface area contributed by atoms with Crippen LogP contribution in [0.3, 0.4) is 0 Å². The molecule has 0 spiro atoms. The minimum Gasteiger partial charge on any atom is -0.478 e. The summed E-state index contributed by atoms with van der Waals surface area (Å²) in [7, 11) is 0. The molecule has 0 aliphatic carbocycles. The van der Waals surface area contributed by atoms with E-state index in [1.807, 2.05) is 31.2 Å². The Morgan fingerprint density at radius 1 is 1.07 bits per heavy atom. The Balaban J connectivity index is 1.82. The average Bonchev–Trinajstić information content (AvgIpc) is 2.72. The zero-order valence-electron chi connectivity index (χ0n) is 17.2. The first kappa shape index (κ1) is 21.1. The highest BCUT2D eigenvalue weighted by Gasteiger charge is 2.18. The number of ether oxygens (including phenoxy) is 2. The molecule has 7 heteroatoms. The second kappa shape index (κ2) is 9.26. The third-order valence-electron chi connectivity index (χ3n) is 4.63. The van der Waals surface area contributed by atoms with Gasteiger partial charge in [0.05, 0.1) is 12.0 Å². The standard InChI is InChI=1S/C23H24N2O5/c1-4-29-23(28)16(3)30-20-11-7-9-18-17(20)12-13-25(22(18)27)14-21(26)24-19-10-6-5-8-15(19)2/h5-13,16H,4,14H2,1-3H3,(H,24,26)/t16-/m1/s1. The number of aryl methyl sites for hydroxylation is 1. The van der Waals surface area contributed by atoms with Crippen molar-refractivity contribution in [3.63, 3.8) is 0 Å². The molecule has 0 saturated carbocycles. The lowest BCUT2D eigenvalue weighted by atomic mass is 10.1. The van der Waals surface area contributed by atoms with Crippen molar-refractivity contribution in [2.45, 2.75) is 33.4 Å². The fourth-order valence-electron chi connectivity index (χ4n) is 3.07. The van der Waals surface area contributed by atoms with Crippen LogP contribution in [0.25, 0.3) is 10.8 Å². The monoisotopic (exact) mass is 408 g/mol. The van der Waals surface area contributed by atoms with E-state index in [0.29, 0.717) is 22.2 Å². The number of amides is 1. The molecule has 7 nitrogen and oxygen atoms in total. The van der Waals surface area contributed by atoms with Crippen LogP contribution in [0, 0.1) is 6.92 Å². The van der Waals surface area contributed by atoms with Crippen LogP contribution in [-0.2, 0) is 20.9 Å². The second-order valence-corrected chi connectivity index (χ2v) is 6.84. The predicted molar refractivity (Wildman–Crippen MR) is 115 cm³/mol. The molecular weight excluding hydrogens is 384 g/mol. The van der Waals surface area contributed by atoms with E-state index < -0.39 is 12.1 Å². The van der Waals surface area contributed by atoms with Crippen molar-refractivity contribution in [2.75, 3.05) is 11.9 Å². The number of fused-ring (bicyclic) bond motifs is 1. The second-order valence-electron chi connectivity index (χ2n) is 6.84. The van der Waals surface area contributed by atoms with Gasteiger partial charge < -0.3 is 19.4 Å². The first-order valence-electron chi connectivity index (χ1n) is 9.71.